The van der Waals surface area contributed by atoms with Crippen LogP contribution in [0.15, 0.2) is 36.5 Å². The Morgan fingerprint density at radius 3 is 2.44 bits per heavy atom. The Balaban J connectivity index is 1.55. The number of likely N-dealkylation sites (tertiary alicyclic amines) is 1. The molecule has 2 aliphatic heterocycles. The van der Waals surface area contributed by atoms with Crippen LogP contribution in [0.2, 0.25) is 0 Å². The number of aromatic nitrogens is 3. The maximum atomic E-state index is 6.14. The number of pyridine rings is 2. The van der Waals surface area contributed by atoms with Crippen LogP contribution in [0.4, 0.5) is 5.82 Å². The number of fused-ring (bicyclic) bond motifs is 1. The van der Waals surface area contributed by atoms with Gasteiger partial charge in [-0.15, -0.1) is 6.42 Å². The van der Waals surface area contributed by atoms with E-state index in [1.807, 2.05) is 12.3 Å². The van der Waals surface area contributed by atoms with Crippen LogP contribution in [0.3, 0.4) is 0 Å². The van der Waals surface area contributed by atoms with E-state index in [0.29, 0.717) is 0 Å². The van der Waals surface area contributed by atoms with Crippen molar-refractivity contribution in [2.45, 2.75) is 38.3 Å². The highest BCUT2D eigenvalue weighted by atomic mass is 15.3. The topological polar surface area (TPSA) is 39.9 Å². The maximum Gasteiger partial charge on any atom is 0.139 e. The third-order valence-corrected chi connectivity index (χ3v) is 7.23. The Bertz CT molecular complexity index is 1150. The van der Waals surface area contributed by atoms with Gasteiger partial charge in [-0.3, -0.25) is 14.3 Å². The van der Waals surface area contributed by atoms with Crippen molar-refractivity contribution in [1.82, 2.24) is 24.2 Å². The van der Waals surface area contributed by atoms with E-state index < -0.39 is 0 Å². The lowest BCUT2D eigenvalue weighted by Crippen LogP contribution is -2.45. The first-order valence-corrected chi connectivity index (χ1v) is 11.6. The molecule has 0 amide bonds. The molecule has 0 aliphatic carbocycles. The molecule has 166 valence electrons. The number of piperidine rings is 1. The molecular weight excluding hydrogens is 396 g/mol. The number of aryl methyl sites for hydroxylation is 1. The summed E-state index contributed by atoms with van der Waals surface area (Å²) >= 11 is 0. The smallest absolute Gasteiger partial charge is 0.139 e. The number of rotatable bonds is 3. The molecule has 0 aromatic carbocycles. The normalized spacial score (nSPS) is 22.9. The van der Waals surface area contributed by atoms with Gasteiger partial charge in [-0.25, -0.2) is 4.98 Å². The van der Waals surface area contributed by atoms with E-state index in [1.165, 1.54) is 11.3 Å². The van der Waals surface area contributed by atoms with E-state index in [2.05, 4.69) is 70.3 Å². The fourth-order valence-corrected chi connectivity index (χ4v) is 5.38. The SMILES string of the molecule is C#Cc1c([C@H]2CCC[C@@H](c3ncccc3C)N2C)nc2cccc(N3CCN(C)CC3)n12. The summed E-state index contributed by atoms with van der Waals surface area (Å²) in [5.41, 5.74) is 5.27. The molecular formula is C26H32N6. The quantitative estimate of drug-likeness (QED) is 0.596. The molecule has 2 atom stereocenters. The lowest BCUT2D eigenvalue weighted by Gasteiger charge is -2.39. The summed E-state index contributed by atoms with van der Waals surface area (Å²) < 4.78 is 2.20. The van der Waals surface area contributed by atoms with Crippen molar-refractivity contribution < 1.29 is 0 Å². The van der Waals surface area contributed by atoms with E-state index in [9.17, 15) is 0 Å². The van der Waals surface area contributed by atoms with Crippen LogP contribution in [-0.4, -0.2) is 64.4 Å². The van der Waals surface area contributed by atoms with Crippen LogP contribution in [0, 0.1) is 19.3 Å². The van der Waals surface area contributed by atoms with Gasteiger partial charge in [0.1, 0.15) is 17.2 Å². The molecule has 2 aliphatic rings. The standard InChI is InChI=1S/C26H32N6/c1-5-20-26(22-11-6-10-21(30(22)4)25-19(2)9-8-14-27-25)28-23-12-7-13-24(32(20)23)31-17-15-29(3)16-18-31/h1,7-9,12-14,21-22H,6,10-11,15-18H2,2-4H3/t21-,22+/m0/s1. The van der Waals surface area contributed by atoms with E-state index in [1.54, 1.807) is 0 Å². The second kappa shape index (κ2) is 8.57. The maximum absolute atomic E-state index is 6.14. The first kappa shape index (κ1) is 21.0. The van der Waals surface area contributed by atoms with Crippen molar-refractivity contribution in [2.75, 3.05) is 45.2 Å². The molecule has 5 rings (SSSR count). The van der Waals surface area contributed by atoms with Crippen molar-refractivity contribution >= 4 is 11.5 Å². The second-order valence-electron chi connectivity index (χ2n) is 9.19. The van der Waals surface area contributed by atoms with Crippen molar-refractivity contribution in [3.63, 3.8) is 0 Å². The summed E-state index contributed by atoms with van der Waals surface area (Å²) in [5.74, 6) is 4.16. The molecule has 32 heavy (non-hydrogen) atoms. The Kier molecular flexibility index (Phi) is 5.62. The molecule has 3 aromatic heterocycles. The van der Waals surface area contributed by atoms with Crippen LogP contribution >= 0.6 is 0 Å². The molecule has 2 saturated heterocycles. The minimum Gasteiger partial charge on any atom is -0.355 e. The van der Waals surface area contributed by atoms with Gasteiger partial charge in [-0.05, 0) is 70.0 Å². The lowest BCUT2D eigenvalue weighted by molar-refractivity contribution is 0.109. The Hall–Kier alpha value is -2.88. The molecule has 0 radical (unpaired) electrons. The van der Waals surface area contributed by atoms with E-state index >= 15 is 0 Å². The minimum absolute atomic E-state index is 0.182. The minimum atomic E-state index is 0.182. The molecule has 0 unspecified atom stereocenters. The molecule has 0 saturated carbocycles. The van der Waals surface area contributed by atoms with Crippen molar-refractivity contribution in [3.05, 3.63) is 59.2 Å². The molecule has 6 heteroatoms. The number of imidazole rings is 1. The van der Waals surface area contributed by atoms with Crippen LogP contribution in [-0.2, 0) is 0 Å². The largest absolute Gasteiger partial charge is 0.355 e. The van der Waals surface area contributed by atoms with Crippen molar-refractivity contribution in [1.29, 1.82) is 0 Å². The molecule has 5 heterocycles. The average molecular weight is 429 g/mol. The third-order valence-electron chi connectivity index (χ3n) is 7.23. The lowest BCUT2D eigenvalue weighted by atomic mass is 9.90. The molecule has 0 N–H and O–H groups in total. The van der Waals surface area contributed by atoms with Gasteiger partial charge in [-0.1, -0.05) is 12.1 Å². The first-order valence-electron chi connectivity index (χ1n) is 11.6. The van der Waals surface area contributed by atoms with Gasteiger partial charge in [0.2, 0.25) is 0 Å². The number of likely N-dealkylation sites (N-methyl/N-ethyl adjacent to an activating group) is 1. The summed E-state index contributed by atoms with van der Waals surface area (Å²) in [6, 6.07) is 11.0. The predicted octanol–water partition coefficient (Wildman–Crippen LogP) is 3.67. The van der Waals surface area contributed by atoms with E-state index in [-0.39, 0.29) is 12.1 Å². The number of terminal acetylenes is 1. The molecule has 6 nitrogen and oxygen atoms in total. The van der Waals surface area contributed by atoms with Gasteiger partial charge < -0.3 is 9.80 Å². The van der Waals surface area contributed by atoms with Gasteiger partial charge in [0.25, 0.3) is 0 Å². The summed E-state index contributed by atoms with van der Waals surface area (Å²) in [4.78, 5) is 17.1. The first-order chi connectivity index (χ1) is 15.6. The zero-order valence-corrected chi connectivity index (χ0v) is 19.3. The zero-order chi connectivity index (χ0) is 22.2. The summed E-state index contributed by atoms with van der Waals surface area (Å²) in [6.45, 7) is 6.26. The Morgan fingerprint density at radius 1 is 0.969 bits per heavy atom. The van der Waals surface area contributed by atoms with Crippen LogP contribution < -0.4 is 4.90 Å². The van der Waals surface area contributed by atoms with Crippen LogP contribution in [0.25, 0.3) is 5.65 Å². The summed E-state index contributed by atoms with van der Waals surface area (Å²) in [7, 11) is 4.38. The van der Waals surface area contributed by atoms with Gasteiger partial charge in [0.05, 0.1) is 23.5 Å². The van der Waals surface area contributed by atoms with Crippen LogP contribution in [0.5, 0.6) is 0 Å². The molecule has 2 fully saturated rings. The second-order valence-corrected chi connectivity index (χ2v) is 9.19. The monoisotopic (exact) mass is 428 g/mol. The molecule has 3 aromatic rings. The predicted molar refractivity (Wildman–Crippen MR) is 129 cm³/mol. The number of hydrogen-bond acceptors (Lipinski definition) is 5. The highest BCUT2D eigenvalue weighted by molar-refractivity contribution is 5.58. The van der Waals surface area contributed by atoms with E-state index in [4.69, 9.17) is 16.4 Å². The van der Waals surface area contributed by atoms with Gasteiger partial charge in [-0.2, -0.15) is 0 Å². The average Bonchev–Trinajstić information content (AvgIpc) is 3.19. The number of anilines is 1. The number of piperazine rings is 1. The molecule has 0 spiro atoms. The van der Waals surface area contributed by atoms with Crippen molar-refractivity contribution in [3.8, 4) is 12.3 Å². The zero-order valence-electron chi connectivity index (χ0n) is 19.3. The highest BCUT2D eigenvalue weighted by Crippen LogP contribution is 2.41. The Morgan fingerprint density at radius 2 is 1.72 bits per heavy atom. The van der Waals surface area contributed by atoms with Crippen LogP contribution in [0.1, 0.15) is 54.0 Å². The Labute approximate surface area is 190 Å². The van der Waals surface area contributed by atoms with Gasteiger partial charge in [0.15, 0.2) is 0 Å². The fraction of sp³-hybridized carbons (Fsp3) is 0.462. The van der Waals surface area contributed by atoms with E-state index in [0.717, 1.165) is 68.3 Å². The molecule has 0 bridgehead atoms. The van der Waals surface area contributed by atoms with Crippen molar-refractivity contribution in [2.24, 2.45) is 0 Å². The van der Waals surface area contributed by atoms with Gasteiger partial charge in [0, 0.05) is 32.4 Å². The third kappa shape index (κ3) is 3.56. The fourth-order valence-electron chi connectivity index (χ4n) is 5.38. The number of hydrogen-bond donors (Lipinski definition) is 0. The highest BCUT2D eigenvalue weighted by Gasteiger charge is 2.34. The summed E-state index contributed by atoms with van der Waals surface area (Å²) in [5, 5.41) is 0. The number of nitrogens with zero attached hydrogens (tertiary/aromatic N) is 6. The summed E-state index contributed by atoms with van der Waals surface area (Å²) in [6.07, 6.45) is 11.3. The van der Waals surface area contributed by atoms with Gasteiger partial charge >= 0.3 is 0 Å².